The van der Waals surface area contributed by atoms with Gasteiger partial charge in [-0.15, -0.1) is 0 Å². The first kappa shape index (κ1) is 19.6. The fraction of sp³-hybridized carbons (Fsp3) is 0.533. The Labute approximate surface area is 141 Å². The van der Waals surface area contributed by atoms with Gasteiger partial charge in [0.05, 0.1) is 16.6 Å². The van der Waals surface area contributed by atoms with Crippen molar-refractivity contribution in [3.8, 4) is 5.75 Å². The predicted molar refractivity (Wildman–Crippen MR) is 83.5 cm³/mol. The summed E-state index contributed by atoms with van der Waals surface area (Å²) in [7, 11) is 0. The van der Waals surface area contributed by atoms with Crippen molar-refractivity contribution < 1.29 is 27.4 Å². The third-order valence-corrected chi connectivity index (χ3v) is 3.16. The maximum Gasteiger partial charge on any atom is 0.416 e. The summed E-state index contributed by atoms with van der Waals surface area (Å²) in [4.78, 5) is 11.4. The summed E-state index contributed by atoms with van der Waals surface area (Å²) < 4.78 is 48.7. The number of hydrogen-bond acceptors (Lipinski definition) is 3. The van der Waals surface area contributed by atoms with Crippen LogP contribution in [-0.2, 0) is 10.9 Å². The lowest BCUT2D eigenvalue weighted by Crippen LogP contribution is -2.33. The molecule has 0 aliphatic rings. The molecule has 1 rings (SSSR count). The Morgan fingerprint density at radius 3 is 2.48 bits per heavy atom. The highest BCUT2D eigenvalue weighted by Gasteiger charge is 2.31. The van der Waals surface area contributed by atoms with Crippen molar-refractivity contribution in [1.82, 2.24) is 5.32 Å². The molecule has 0 saturated heterocycles. The molecular formula is C15H19BrF3NO3. The zero-order valence-electron chi connectivity index (χ0n) is 13.1. The van der Waals surface area contributed by atoms with Gasteiger partial charge in [-0.1, -0.05) is 0 Å². The Balaban J connectivity index is 2.40. The van der Waals surface area contributed by atoms with Crippen LogP contribution in [0.3, 0.4) is 0 Å². The first-order valence-electron chi connectivity index (χ1n) is 6.95. The van der Waals surface area contributed by atoms with Gasteiger partial charge in [-0.2, -0.15) is 13.2 Å². The maximum absolute atomic E-state index is 12.6. The van der Waals surface area contributed by atoms with Crippen molar-refractivity contribution in [3.05, 3.63) is 28.2 Å². The molecule has 4 nitrogen and oxygen atoms in total. The molecule has 0 heterocycles. The van der Waals surface area contributed by atoms with Crippen LogP contribution in [0.5, 0.6) is 5.75 Å². The van der Waals surface area contributed by atoms with E-state index in [1.165, 1.54) is 6.07 Å². The second kappa shape index (κ2) is 7.90. The third-order valence-electron chi connectivity index (χ3n) is 2.51. The summed E-state index contributed by atoms with van der Waals surface area (Å²) in [6, 6.07) is 3.20. The van der Waals surface area contributed by atoms with E-state index in [9.17, 15) is 18.0 Å². The quantitative estimate of drug-likeness (QED) is 0.728. The van der Waals surface area contributed by atoms with E-state index in [4.69, 9.17) is 9.47 Å². The normalized spacial score (nSPS) is 12.0. The Hall–Kier alpha value is -1.44. The summed E-state index contributed by atoms with van der Waals surface area (Å²) in [5.41, 5.74) is -1.36. The lowest BCUT2D eigenvalue weighted by molar-refractivity contribution is -0.137. The van der Waals surface area contributed by atoms with Gasteiger partial charge < -0.3 is 14.8 Å². The largest absolute Gasteiger partial charge is 0.492 e. The summed E-state index contributed by atoms with van der Waals surface area (Å²) in [6.45, 7) is 5.71. The highest BCUT2D eigenvalue weighted by molar-refractivity contribution is 9.10. The number of ether oxygens (including phenoxy) is 2. The van der Waals surface area contributed by atoms with Gasteiger partial charge in [-0.25, -0.2) is 4.79 Å². The number of halogens is 4. The molecule has 0 fully saturated rings. The fourth-order valence-electron chi connectivity index (χ4n) is 1.55. The van der Waals surface area contributed by atoms with Crippen LogP contribution in [0, 0.1) is 0 Å². The first-order valence-corrected chi connectivity index (χ1v) is 7.75. The minimum Gasteiger partial charge on any atom is -0.492 e. The number of alkyl carbamates (subject to hydrolysis) is 1. The van der Waals surface area contributed by atoms with Gasteiger partial charge in [-0.05, 0) is 61.3 Å². The molecule has 0 saturated carbocycles. The van der Waals surface area contributed by atoms with Crippen LogP contribution in [0.25, 0.3) is 0 Å². The van der Waals surface area contributed by atoms with E-state index < -0.39 is 23.4 Å². The van der Waals surface area contributed by atoms with Gasteiger partial charge in [0.2, 0.25) is 0 Å². The molecular weight excluding hydrogens is 379 g/mol. The lowest BCUT2D eigenvalue weighted by atomic mass is 10.2. The number of carbonyl (C=O) groups excluding carboxylic acids is 1. The van der Waals surface area contributed by atoms with Crippen LogP contribution in [0.2, 0.25) is 0 Å². The summed E-state index contributed by atoms with van der Waals surface area (Å²) in [5.74, 6) is 0.108. The lowest BCUT2D eigenvalue weighted by Gasteiger charge is -2.19. The Bertz CT molecular complexity index is 542. The van der Waals surface area contributed by atoms with Crippen molar-refractivity contribution in [2.45, 2.75) is 39.0 Å². The summed E-state index contributed by atoms with van der Waals surface area (Å²) in [5, 5.41) is 2.54. The van der Waals surface area contributed by atoms with E-state index in [-0.39, 0.29) is 12.4 Å². The number of carbonyl (C=O) groups is 1. The number of nitrogens with one attached hydrogen (secondary N) is 1. The molecule has 0 aliphatic heterocycles. The van der Waals surface area contributed by atoms with Crippen LogP contribution in [0.1, 0.15) is 32.8 Å². The Kier molecular flexibility index (Phi) is 6.73. The molecule has 23 heavy (non-hydrogen) atoms. The molecule has 1 N–H and O–H groups in total. The van der Waals surface area contributed by atoms with Crippen LogP contribution < -0.4 is 10.1 Å². The van der Waals surface area contributed by atoms with Gasteiger partial charge in [0.1, 0.15) is 11.4 Å². The summed E-state index contributed by atoms with van der Waals surface area (Å²) in [6.07, 6.45) is -4.53. The molecule has 0 aromatic heterocycles. The fourth-order valence-corrected chi connectivity index (χ4v) is 1.91. The van der Waals surface area contributed by atoms with Crippen molar-refractivity contribution in [2.24, 2.45) is 0 Å². The molecule has 0 bridgehead atoms. The van der Waals surface area contributed by atoms with Gasteiger partial charge >= 0.3 is 12.3 Å². The number of amides is 1. The molecule has 0 atom stereocenters. The van der Waals surface area contributed by atoms with Crippen molar-refractivity contribution in [3.63, 3.8) is 0 Å². The van der Waals surface area contributed by atoms with E-state index >= 15 is 0 Å². The number of benzene rings is 1. The third kappa shape index (κ3) is 7.58. The molecule has 0 unspecified atom stereocenters. The maximum atomic E-state index is 12.6. The number of alkyl halides is 3. The average molecular weight is 398 g/mol. The predicted octanol–water partition coefficient (Wildman–Crippen LogP) is 4.76. The molecule has 1 aromatic rings. The molecule has 0 radical (unpaired) electrons. The Morgan fingerprint density at radius 1 is 1.26 bits per heavy atom. The van der Waals surface area contributed by atoms with Gasteiger partial charge in [0.15, 0.2) is 0 Å². The second-order valence-corrected chi connectivity index (χ2v) is 6.63. The van der Waals surface area contributed by atoms with Gasteiger partial charge in [0.25, 0.3) is 0 Å². The van der Waals surface area contributed by atoms with Crippen LogP contribution >= 0.6 is 15.9 Å². The van der Waals surface area contributed by atoms with Crippen molar-refractivity contribution in [2.75, 3.05) is 13.2 Å². The molecule has 130 valence electrons. The number of rotatable bonds is 5. The molecule has 0 aliphatic carbocycles. The molecule has 8 heteroatoms. The van der Waals surface area contributed by atoms with Gasteiger partial charge in [-0.3, -0.25) is 0 Å². The summed E-state index contributed by atoms with van der Waals surface area (Å²) >= 11 is 3.14. The van der Waals surface area contributed by atoms with E-state index in [0.717, 1.165) is 12.1 Å². The first-order chi connectivity index (χ1) is 10.5. The van der Waals surface area contributed by atoms with Crippen LogP contribution in [0.4, 0.5) is 18.0 Å². The highest BCUT2D eigenvalue weighted by Crippen LogP contribution is 2.35. The minimum absolute atomic E-state index is 0.108. The molecule has 1 aromatic carbocycles. The average Bonchev–Trinajstić information content (AvgIpc) is 2.36. The minimum atomic E-state index is -4.42. The second-order valence-electron chi connectivity index (χ2n) is 5.77. The smallest absolute Gasteiger partial charge is 0.416 e. The zero-order chi connectivity index (χ0) is 17.7. The van der Waals surface area contributed by atoms with E-state index in [0.29, 0.717) is 17.4 Å². The van der Waals surface area contributed by atoms with Crippen molar-refractivity contribution >= 4 is 22.0 Å². The van der Waals surface area contributed by atoms with Crippen molar-refractivity contribution in [1.29, 1.82) is 0 Å². The SMILES string of the molecule is CC(C)(C)OC(=O)NCCCOc1cc(C(F)(F)F)ccc1Br. The van der Waals surface area contributed by atoms with E-state index in [1.807, 2.05) is 0 Å². The number of hydrogen-bond donors (Lipinski definition) is 1. The molecule has 1 amide bonds. The standard InChI is InChI=1S/C15H19BrF3NO3/c1-14(2,3)23-13(21)20-7-4-8-22-12-9-10(15(17,18)19)5-6-11(12)16/h5-6,9H,4,7-8H2,1-3H3,(H,20,21). The van der Waals surface area contributed by atoms with Crippen LogP contribution in [0.15, 0.2) is 22.7 Å². The van der Waals surface area contributed by atoms with Gasteiger partial charge in [0, 0.05) is 6.54 Å². The monoisotopic (exact) mass is 397 g/mol. The molecule has 0 spiro atoms. The van der Waals surface area contributed by atoms with E-state index in [1.54, 1.807) is 20.8 Å². The Morgan fingerprint density at radius 2 is 1.91 bits per heavy atom. The van der Waals surface area contributed by atoms with E-state index in [2.05, 4.69) is 21.2 Å². The van der Waals surface area contributed by atoms with Crippen LogP contribution in [-0.4, -0.2) is 24.8 Å². The topological polar surface area (TPSA) is 47.6 Å². The zero-order valence-corrected chi connectivity index (χ0v) is 14.7. The highest BCUT2D eigenvalue weighted by atomic mass is 79.9.